The molecule has 3 N–H and O–H groups in total. The number of rotatable bonds is 7. The smallest absolute Gasteiger partial charge is 0.206 e. The molecule has 0 radical (unpaired) electrons. The zero-order valence-electron chi connectivity index (χ0n) is 21.2. The summed E-state index contributed by atoms with van der Waals surface area (Å²) >= 11 is 0. The fourth-order valence-electron chi connectivity index (χ4n) is 5.09. The molecule has 1 aliphatic heterocycles. The van der Waals surface area contributed by atoms with Crippen LogP contribution in [0.1, 0.15) is 35.4 Å². The highest BCUT2D eigenvalue weighted by Gasteiger charge is 2.20. The van der Waals surface area contributed by atoms with E-state index in [-0.39, 0.29) is 11.8 Å². The Morgan fingerprint density at radius 2 is 1.68 bits per heavy atom. The molecule has 3 heterocycles. The van der Waals surface area contributed by atoms with Crippen LogP contribution < -0.4 is 11.4 Å². The number of nitrogens with two attached hydrogens (primary N) is 1. The van der Waals surface area contributed by atoms with Gasteiger partial charge in [0.05, 0.1) is 41.8 Å². The van der Waals surface area contributed by atoms with Gasteiger partial charge < -0.3 is 24.9 Å². The molecule has 190 valence electrons. The molecule has 0 aliphatic carbocycles. The van der Waals surface area contributed by atoms with Gasteiger partial charge in [0.1, 0.15) is 11.4 Å². The van der Waals surface area contributed by atoms with Crippen LogP contribution >= 0.6 is 0 Å². The zero-order valence-corrected chi connectivity index (χ0v) is 21.2. The fraction of sp³-hybridized carbons (Fsp3) is 0.345. The molecule has 1 saturated heterocycles. The van der Waals surface area contributed by atoms with Crippen molar-refractivity contribution in [3.63, 3.8) is 0 Å². The molecule has 1 fully saturated rings. The standard InChI is InChI=1S/C29H33N7O/c1-21-6-11-28(37)25(32-21)20-36-27-5-3-2-4-26(27)35(19-23-9-7-22(18-31)8-10-23)29(36)33-24-12-15-34(16-13-24)17-14-30/h2-11,24,37H,12-17,19-20,30H2,1H3. The van der Waals surface area contributed by atoms with E-state index in [1.54, 1.807) is 6.07 Å². The van der Waals surface area contributed by atoms with E-state index in [2.05, 4.69) is 37.2 Å². The number of pyridine rings is 1. The van der Waals surface area contributed by atoms with Crippen LogP contribution in [0.25, 0.3) is 11.0 Å². The molecule has 0 amide bonds. The average molecular weight is 496 g/mol. The summed E-state index contributed by atoms with van der Waals surface area (Å²) in [4.78, 5) is 12.4. The largest absolute Gasteiger partial charge is 0.506 e. The van der Waals surface area contributed by atoms with E-state index in [9.17, 15) is 10.4 Å². The summed E-state index contributed by atoms with van der Waals surface area (Å²) in [5.41, 5.74) is 12.0. The Labute approximate surface area is 216 Å². The van der Waals surface area contributed by atoms with Gasteiger partial charge in [0, 0.05) is 31.9 Å². The first-order valence-electron chi connectivity index (χ1n) is 12.8. The third kappa shape index (κ3) is 5.43. The van der Waals surface area contributed by atoms with Crippen LogP contribution in [0.4, 0.5) is 0 Å². The minimum atomic E-state index is 0.183. The molecule has 0 bridgehead atoms. The molecule has 8 nitrogen and oxygen atoms in total. The topological polar surface area (TPSA) is 108 Å². The Kier molecular flexibility index (Phi) is 7.35. The number of aromatic hydroxyl groups is 1. The summed E-state index contributed by atoms with van der Waals surface area (Å²) in [7, 11) is 0. The average Bonchev–Trinajstić information content (AvgIpc) is 3.20. The second-order valence-corrected chi connectivity index (χ2v) is 9.68. The van der Waals surface area contributed by atoms with Gasteiger partial charge in [-0.05, 0) is 61.7 Å². The van der Waals surface area contributed by atoms with E-state index >= 15 is 0 Å². The van der Waals surface area contributed by atoms with Gasteiger partial charge in [-0.1, -0.05) is 24.3 Å². The summed E-state index contributed by atoms with van der Waals surface area (Å²) in [5, 5.41) is 19.8. The number of hydrogen-bond acceptors (Lipinski definition) is 6. The number of nitriles is 1. The van der Waals surface area contributed by atoms with E-state index in [4.69, 9.17) is 10.7 Å². The van der Waals surface area contributed by atoms with Gasteiger partial charge in [0.25, 0.3) is 0 Å². The Morgan fingerprint density at radius 3 is 2.32 bits per heavy atom. The van der Waals surface area contributed by atoms with Crippen molar-refractivity contribution < 1.29 is 5.11 Å². The van der Waals surface area contributed by atoms with Crippen molar-refractivity contribution in [1.29, 1.82) is 5.26 Å². The third-order valence-electron chi connectivity index (χ3n) is 7.07. The van der Waals surface area contributed by atoms with Crippen LogP contribution in [0.15, 0.2) is 65.7 Å². The number of benzene rings is 2. The summed E-state index contributed by atoms with van der Waals surface area (Å²) in [6, 6.07) is 21.9. The van der Waals surface area contributed by atoms with Crippen molar-refractivity contribution in [3.05, 3.63) is 88.8 Å². The number of imidazole rings is 1. The molecule has 0 atom stereocenters. The van der Waals surface area contributed by atoms with Crippen LogP contribution in [-0.2, 0) is 13.1 Å². The van der Waals surface area contributed by atoms with Crippen LogP contribution in [-0.4, -0.2) is 56.3 Å². The van der Waals surface area contributed by atoms with E-state index < -0.39 is 0 Å². The molecule has 1 aliphatic rings. The van der Waals surface area contributed by atoms with Crippen LogP contribution in [0.5, 0.6) is 5.75 Å². The highest BCUT2D eigenvalue weighted by Crippen LogP contribution is 2.21. The maximum atomic E-state index is 10.6. The Balaban J connectivity index is 1.63. The Hall–Kier alpha value is -3.93. The lowest BCUT2D eigenvalue weighted by Gasteiger charge is -2.29. The maximum absolute atomic E-state index is 10.6. The number of aryl methyl sites for hydroxylation is 1. The monoisotopic (exact) mass is 495 g/mol. The summed E-state index contributed by atoms with van der Waals surface area (Å²) < 4.78 is 4.42. The lowest BCUT2D eigenvalue weighted by atomic mass is 10.1. The second kappa shape index (κ2) is 11.0. The number of hydrogen-bond donors (Lipinski definition) is 2. The summed E-state index contributed by atoms with van der Waals surface area (Å²) in [6.45, 7) is 6.54. The lowest BCUT2D eigenvalue weighted by Crippen LogP contribution is -2.39. The molecule has 37 heavy (non-hydrogen) atoms. The van der Waals surface area contributed by atoms with Crippen molar-refractivity contribution in [2.75, 3.05) is 26.2 Å². The van der Waals surface area contributed by atoms with Crippen molar-refractivity contribution in [2.24, 2.45) is 10.7 Å². The quantitative estimate of drug-likeness (QED) is 0.410. The van der Waals surface area contributed by atoms with Crippen molar-refractivity contribution in [1.82, 2.24) is 19.0 Å². The molecule has 8 heteroatoms. The number of piperidine rings is 1. The van der Waals surface area contributed by atoms with Gasteiger partial charge in [0.15, 0.2) is 0 Å². The molecule has 0 unspecified atom stereocenters. The van der Waals surface area contributed by atoms with Gasteiger partial charge in [-0.25, -0.2) is 4.99 Å². The van der Waals surface area contributed by atoms with Crippen molar-refractivity contribution in [3.8, 4) is 11.8 Å². The number of para-hydroxylation sites is 2. The third-order valence-corrected chi connectivity index (χ3v) is 7.07. The molecule has 0 spiro atoms. The van der Waals surface area contributed by atoms with E-state index in [0.717, 1.165) is 60.4 Å². The first-order chi connectivity index (χ1) is 18.1. The molecule has 0 saturated carbocycles. The van der Waals surface area contributed by atoms with Gasteiger partial charge in [-0.2, -0.15) is 5.26 Å². The summed E-state index contributed by atoms with van der Waals surface area (Å²) in [6.07, 6.45) is 1.96. The highest BCUT2D eigenvalue weighted by molar-refractivity contribution is 5.76. The molecule has 4 aromatic rings. The maximum Gasteiger partial charge on any atom is 0.206 e. The number of aromatic nitrogens is 3. The molecule has 2 aromatic heterocycles. The zero-order chi connectivity index (χ0) is 25.8. The minimum Gasteiger partial charge on any atom is -0.506 e. The van der Waals surface area contributed by atoms with Crippen LogP contribution in [0.3, 0.4) is 0 Å². The van der Waals surface area contributed by atoms with Gasteiger partial charge in [-0.3, -0.25) is 4.98 Å². The predicted molar refractivity (Wildman–Crippen MR) is 144 cm³/mol. The van der Waals surface area contributed by atoms with E-state index in [0.29, 0.717) is 30.9 Å². The highest BCUT2D eigenvalue weighted by atomic mass is 16.3. The first-order valence-corrected chi connectivity index (χ1v) is 12.8. The molecule has 5 rings (SSSR count). The van der Waals surface area contributed by atoms with Gasteiger partial charge in [0.2, 0.25) is 5.62 Å². The fourth-order valence-corrected chi connectivity index (χ4v) is 5.09. The van der Waals surface area contributed by atoms with E-state index in [1.807, 2.05) is 49.4 Å². The van der Waals surface area contributed by atoms with Gasteiger partial charge in [-0.15, -0.1) is 0 Å². The predicted octanol–water partition coefficient (Wildman–Crippen LogP) is 3.14. The Morgan fingerprint density at radius 1 is 1.00 bits per heavy atom. The first kappa shape index (κ1) is 24.8. The minimum absolute atomic E-state index is 0.183. The van der Waals surface area contributed by atoms with Crippen LogP contribution in [0, 0.1) is 18.3 Å². The second-order valence-electron chi connectivity index (χ2n) is 9.68. The number of nitrogens with zero attached hydrogens (tertiary/aromatic N) is 6. The lowest BCUT2D eigenvalue weighted by molar-refractivity contribution is 0.217. The Bertz CT molecular complexity index is 1490. The number of likely N-dealkylation sites (tertiary alicyclic amines) is 1. The van der Waals surface area contributed by atoms with Gasteiger partial charge >= 0.3 is 0 Å². The number of fused-ring (bicyclic) bond motifs is 1. The SMILES string of the molecule is Cc1ccc(O)c(Cn2c(=NC3CCN(CCN)CC3)n(Cc3ccc(C#N)cc3)c3ccccc32)n1. The van der Waals surface area contributed by atoms with Crippen molar-refractivity contribution in [2.45, 2.75) is 38.9 Å². The summed E-state index contributed by atoms with van der Waals surface area (Å²) in [5.74, 6) is 0.183. The van der Waals surface area contributed by atoms with E-state index in [1.165, 1.54) is 0 Å². The normalized spacial score (nSPS) is 15.3. The molecule has 2 aromatic carbocycles. The molecular weight excluding hydrogens is 462 g/mol. The van der Waals surface area contributed by atoms with Crippen molar-refractivity contribution >= 4 is 11.0 Å². The van der Waals surface area contributed by atoms with Crippen LogP contribution in [0.2, 0.25) is 0 Å². The molecular formula is C29H33N7O.